The van der Waals surface area contributed by atoms with Crippen LogP contribution in [0.2, 0.25) is 0 Å². The number of carbonyl (C=O) groups excluding carboxylic acids is 3. The van der Waals surface area contributed by atoms with Gasteiger partial charge in [-0.2, -0.15) is 13.2 Å². The van der Waals surface area contributed by atoms with Crippen LogP contribution < -0.4 is 11.1 Å². The molecule has 0 aliphatic carbocycles. The van der Waals surface area contributed by atoms with Crippen molar-refractivity contribution in [2.75, 3.05) is 19.6 Å². The number of halogens is 3. The molecule has 0 bridgehead atoms. The van der Waals surface area contributed by atoms with E-state index < -0.39 is 24.7 Å². The van der Waals surface area contributed by atoms with Crippen molar-refractivity contribution < 1.29 is 27.6 Å². The fraction of sp³-hybridized carbons (Fsp3) is 0.500. The summed E-state index contributed by atoms with van der Waals surface area (Å²) in [5, 5.41) is 2.22. The summed E-state index contributed by atoms with van der Waals surface area (Å²) in [4.78, 5) is 38.8. The van der Waals surface area contributed by atoms with Gasteiger partial charge in [0.25, 0.3) is 5.91 Å². The summed E-state index contributed by atoms with van der Waals surface area (Å²) in [5.41, 5.74) is 7.02. The van der Waals surface area contributed by atoms with Crippen LogP contribution in [0, 0.1) is 0 Å². The number of fused-ring (bicyclic) bond motifs is 1. The maximum atomic E-state index is 12.8. The Kier molecular flexibility index (Phi) is 5.71. The summed E-state index contributed by atoms with van der Waals surface area (Å²) in [6, 6.07) is 4.14. The number of carbonyl (C=O) groups is 3. The molecule has 1 fully saturated rings. The maximum absolute atomic E-state index is 12.8. The molecule has 1 aromatic carbocycles. The third kappa shape index (κ3) is 4.33. The average molecular weight is 398 g/mol. The van der Waals surface area contributed by atoms with Crippen molar-refractivity contribution in [2.24, 2.45) is 5.73 Å². The predicted octanol–water partition coefficient (Wildman–Crippen LogP) is 0.771. The number of piperidine rings is 1. The van der Waals surface area contributed by atoms with Gasteiger partial charge in [-0.1, -0.05) is 12.1 Å². The normalized spacial score (nSPS) is 20.0. The third-order valence-corrected chi connectivity index (χ3v) is 4.92. The summed E-state index contributed by atoms with van der Waals surface area (Å²) in [6.45, 7) is -0.839. The number of hydrogen-bond acceptors (Lipinski definition) is 5. The van der Waals surface area contributed by atoms with Gasteiger partial charge in [0.05, 0.1) is 6.54 Å². The first-order valence-electron chi connectivity index (χ1n) is 8.94. The minimum Gasteiger partial charge on any atom is -0.329 e. The van der Waals surface area contributed by atoms with Gasteiger partial charge in [-0.3, -0.25) is 24.6 Å². The minimum atomic E-state index is -4.36. The van der Waals surface area contributed by atoms with Gasteiger partial charge in [0, 0.05) is 38.2 Å². The standard InChI is InChI=1S/C18H21F3N4O3/c19-18(20,21)10-24(7-6-22)8-11-2-1-3-12-13(11)9-25(17(12)28)14-4-5-15(26)23-16(14)27/h1-3,14H,4-10,22H2,(H,23,26,27). The molecule has 2 heterocycles. The van der Waals surface area contributed by atoms with Crippen molar-refractivity contribution in [2.45, 2.75) is 38.1 Å². The van der Waals surface area contributed by atoms with Crippen molar-refractivity contribution in [3.05, 3.63) is 34.9 Å². The number of amides is 3. The smallest absolute Gasteiger partial charge is 0.329 e. The molecule has 152 valence electrons. The lowest BCUT2D eigenvalue weighted by Crippen LogP contribution is -2.52. The molecule has 2 aliphatic rings. The molecule has 1 atom stereocenters. The largest absolute Gasteiger partial charge is 0.401 e. The van der Waals surface area contributed by atoms with Crippen molar-refractivity contribution in [3.63, 3.8) is 0 Å². The molecular formula is C18H21F3N4O3. The van der Waals surface area contributed by atoms with Crippen molar-refractivity contribution in [3.8, 4) is 0 Å². The fourth-order valence-corrected chi connectivity index (χ4v) is 3.69. The summed E-state index contributed by atoms with van der Waals surface area (Å²) in [5.74, 6) is -1.26. The van der Waals surface area contributed by atoms with Gasteiger partial charge in [0.1, 0.15) is 6.04 Å². The molecule has 2 aliphatic heterocycles. The molecule has 0 saturated carbocycles. The van der Waals surface area contributed by atoms with E-state index in [1.54, 1.807) is 18.2 Å². The zero-order chi connectivity index (χ0) is 20.5. The number of nitrogens with one attached hydrogen (secondary N) is 1. The molecule has 28 heavy (non-hydrogen) atoms. The highest BCUT2D eigenvalue weighted by atomic mass is 19.4. The van der Waals surface area contributed by atoms with Crippen LogP contribution in [0.5, 0.6) is 0 Å². The average Bonchev–Trinajstić information content (AvgIpc) is 2.92. The first-order valence-corrected chi connectivity index (χ1v) is 8.94. The Morgan fingerprint density at radius 1 is 1.25 bits per heavy atom. The van der Waals surface area contributed by atoms with Gasteiger partial charge in [0.2, 0.25) is 11.8 Å². The maximum Gasteiger partial charge on any atom is 0.401 e. The quantitative estimate of drug-likeness (QED) is 0.691. The molecule has 0 aromatic heterocycles. The predicted molar refractivity (Wildman–Crippen MR) is 92.9 cm³/mol. The molecule has 1 saturated heterocycles. The van der Waals surface area contributed by atoms with Gasteiger partial charge < -0.3 is 10.6 Å². The summed E-state index contributed by atoms with van der Waals surface area (Å²) >= 11 is 0. The highest BCUT2D eigenvalue weighted by Crippen LogP contribution is 2.30. The monoisotopic (exact) mass is 398 g/mol. The van der Waals surface area contributed by atoms with Crippen LogP contribution in [0.1, 0.15) is 34.3 Å². The lowest BCUT2D eigenvalue weighted by molar-refractivity contribution is -0.147. The van der Waals surface area contributed by atoms with E-state index >= 15 is 0 Å². The summed E-state index contributed by atoms with van der Waals surface area (Å²) in [7, 11) is 0. The van der Waals surface area contributed by atoms with Crippen molar-refractivity contribution in [1.82, 2.24) is 15.1 Å². The lowest BCUT2D eigenvalue weighted by atomic mass is 10.0. The van der Waals surface area contributed by atoms with Crippen LogP contribution in [-0.2, 0) is 22.7 Å². The SMILES string of the molecule is NCCN(Cc1cccc2c1CN(C1CCC(=O)NC1=O)C2=O)CC(F)(F)F. The number of nitrogens with two attached hydrogens (primary N) is 1. The second kappa shape index (κ2) is 7.88. The van der Waals surface area contributed by atoms with E-state index in [0.29, 0.717) is 16.7 Å². The van der Waals surface area contributed by atoms with Crippen LogP contribution in [0.25, 0.3) is 0 Å². The molecule has 3 N–H and O–H groups in total. The van der Waals surface area contributed by atoms with Crippen molar-refractivity contribution in [1.29, 1.82) is 0 Å². The Balaban J connectivity index is 1.81. The number of hydrogen-bond donors (Lipinski definition) is 2. The topological polar surface area (TPSA) is 95.7 Å². The molecule has 1 aromatic rings. The van der Waals surface area contributed by atoms with Gasteiger partial charge in [-0.15, -0.1) is 0 Å². The third-order valence-electron chi connectivity index (χ3n) is 4.92. The molecule has 0 spiro atoms. The minimum absolute atomic E-state index is 0.00362. The Morgan fingerprint density at radius 3 is 2.64 bits per heavy atom. The van der Waals surface area contributed by atoms with E-state index in [0.717, 1.165) is 0 Å². The highest BCUT2D eigenvalue weighted by Gasteiger charge is 2.40. The van der Waals surface area contributed by atoms with E-state index in [9.17, 15) is 27.6 Å². The number of benzene rings is 1. The summed E-state index contributed by atoms with van der Waals surface area (Å²) < 4.78 is 38.5. The Bertz CT molecular complexity index is 797. The first-order chi connectivity index (χ1) is 13.2. The number of imide groups is 1. The van der Waals surface area contributed by atoms with Gasteiger partial charge in [-0.05, 0) is 23.6 Å². The van der Waals surface area contributed by atoms with E-state index in [-0.39, 0.29) is 50.8 Å². The molecule has 1 unspecified atom stereocenters. The van der Waals surface area contributed by atoms with E-state index in [1.807, 2.05) is 0 Å². The number of rotatable bonds is 6. The van der Waals surface area contributed by atoms with Gasteiger partial charge in [0.15, 0.2) is 0 Å². The zero-order valence-corrected chi connectivity index (χ0v) is 15.1. The van der Waals surface area contributed by atoms with E-state index in [1.165, 1.54) is 9.80 Å². The zero-order valence-electron chi connectivity index (χ0n) is 15.1. The van der Waals surface area contributed by atoms with Crippen molar-refractivity contribution >= 4 is 17.7 Å². The number of alkyl halides is 3. The second-order valence-electron chi connectivity index (χ2n) is 6.96. The van der Waals surface area contributed by atoms with Crippen LogP contribution in [0.15, 0.2) is 18.2 Å². The molecule has 3 rings (SSSR count). The Hall–Kier alpha value is -2.46. The highest BCUT2D eigenvalue weighted by molar-refractivity contribution is 6.05. The van der Waals surface area contributed by atoms with Crippen LogP contribution in [-0.4, -0.2) is 59.4 Å². The first kappa shape index (κ1) is 20.3. The Morgan fingerprint density at radius 2 is 2.00 bits per heavy atom. The van der Waals surface area contributed by atoms with E-state index in [2.05, 4.69) is 5.32 Å². The number of nitrogens with zero attached hydrogens (tertiary/aromatic N) is 2. The lowest BCUT2D eigenvalue weighted by Gasteiger charge is -2.29. The van der Waals surface area contributed by atoms with E-state index in [4.69, 9.17) is 5.73 Å². The molecule has 3 amide bonds. The molecule has 0 radical (unpaired) electrons. The summed E-state index contributed by atoms with van der Waals surface area (Å²) in [6.07, 6.45) is -3.99. The fourth-order valence-electron chi connectivity index (χ4n) is 3.69. The van der Waals surface area contributed by atoms with Gasteiger partial charge >= 0.3 is 6.18 Å². The van der Waals surface area contributed by atoms with Crippen LogP contribution in [0.3, 0.4) is 0 Å². The second-order valence-corrected chi connectivity index (χ2v) is 6.96. The molecular weight excluding hydrogens is 377 g/mol. The van der Waals surface area contributed by atoms with Crippen LogP contribution >= 0.6 is 0 Å². The molecule has 7 nitrogen and oxygen atoms in total. The van der Waals surface area contributed by atoms with Crippen LogP contribution in [0.4, 0.5) is 13.2 Å². The molecule has 10 heteroatoms. The Labute approximate surface area is 159 Å². The van der Waals surface area contributed by atoms with Gasteiger partial charge in [-0.25, -0.2) is 0 Å².